The minimum atomic E-state index is -0.484. The maximum absolute atomic E-state index is 12.9. The zero-order valence-electron chi connectivity index (χ0n) is 14.9. The van der Waals surface area contributed by atoms with Crippen LogP contribution in [-0.2, 0) is 4.79 Å². The third-order valence-electron chi connectivity index (χ3n) is 4.32. The highest BCUT2D eigenvalue weighted by molar-refractivity contribution is 9.10. The summed E-state index contributed by atoms with van der Waals surface area (Å²) in [5, 5.41) is 2.98. The molecule has 0 saturated carbocycles. The molecule has 3 rings (SSSR count). The number of urea groups is 1. The van der Waals surface area contributed by atoms with Gasteiger partial charge in [-0.1, -0.05) is 52.3 Å². The van der Waals surface area contributed by atoms with Gasteiger partial charge in [-0.2, -0.15) is 0 Å². The van der Waals surface area contributed by atoms with Gasteiger partial charge in [0.2, 0.25) is 0 Å². The Bertz CT molecular complexity index is 878. The predicted molar refractivity (Wildman–Crippen MR) is 106 cm³/mol. The number of nitrogens with zero attached hydrogens (tertiary/aromatic N) is 2. The van der Waals surface area contributed by atoms with Gasteiger partial charge in [-0.05, 0) is 30.7 Å². The molecule has 1 heterocycles. The van der Waals surface area contributed by atoms with Crippen LogP contribution in [0.2, 0.25) is 0 Å². The van der Waals surface area contributed by atoms with Gasteiger partial charge in [0.15, 0.2) is 0 Å². The van der Waals surface area contributed by atoms with Gasteiger partial charge in [-0.25, -0.2) is 4.79 Å². The number of anilines is 1. The maximum atomic E-state index is 12.9. The first kappa shape index (κ1) is 18.2. The van der Waals surface area contributed by atoms with E-state index in [1.54, 1.807) is 19.0 Å². The molecule has 0 fully saturated rings. The van der Waals surface area contributed by atoms with E-state index >= 15 is 0 Å². The van der Waals surface area contributed by atoms with Crippen LogP contribution in [0.4, 0.5) is 10.5 Å². The Morgan fingerprint density at radius 1 is 1.12 bits per heavy atom. The first-order valence-corrected chi connectivity index (χ1v) is 9.03. The number of nitrogens with one attached hydrogen (secondary N) is 1. The smallest absolute Gasteiger partial charge is 0.326 e. The zero-order chi connectivity index (χ0) is 18.8. The average molecular weight is 414 g/mol. The molecule has 3 amide bonds. The molecular formula is C20H20BrN3O2. The summed E-state index contributed by atoms with van der Waals surface area (Å²) in [6.07, 6.45) is 0. The Kier molecular flexibility index (Phi) is 5.13. The van der Waals surface area contributed by atoms with Gasteiger partial charge in [0.1, 0.15) is 0 Å². The molecule has 0 unspecified atom stereocenters. The lowest BCUT2D eigenvalue weighted by Gasteiger charge is -2.36. The monoisotopic (exact) mass is 413 g/mol. The number of allylic oxidation sites excluding steroid dienone is 1. The average Bonchev–Trinajstić information content (AvgIpc) is 2.61. The van der Waals surface area contributed by atoms with Crippen LogP contribution in [-0.4, -0.2) is 30.9 Å². The number of rotatable bonds is 3. The first-order chi connectivity index (χ1) is 12.4. The van der Waals surface area contributed by atoms with E-state index in [2.05, 4.69) is 21.2 Å². The first-order valence-electron chi connectivity index (χ1n) is 8.23. The summed E-state index contributed by atoms with van der Waals surface area (Å²) in [4.78, 5) is 28.9. The summed E-state index contributed by atoms with van der Waals surface area (Å²) in [5.41, 5.74) is 2.75. The number of hydrogen-bond donors (Lipinski definition) is 1. The van der Waals surface area contributed by atoms with Gasteiger partial charge >= 0.3 is 6.03 Å². The molecule has 1 atom stereocenters. The number of likely N-dealkylation sites (N-methyl/N-ethyl adjacent to an activating group) is 1. The molecule has 0 bridgehead atoms. The molecule has 0 spiro atoms. The van der Waals surface area contributed by atoms with Gasteiger partial charge < -0.3 is 10.2 Å². The van der Waals surface area contributed by atoms with E-state index in [9.17, 15) is 9.59 Å². The lowest BCUT2D eigenvalue weighted by Crippen LogP contribution is -2.49. The molecule has 6 heteroatoms. The number of benzene rings is 2. The van der Waals surface area contributed by atoms with Crippen molar-refractivity contribution in [3.05, 3.63) is 75.9 Å². The van der Waals surface area contributed by atoms with Crippen molar-refractivity contribution in [3.63, 3.8) is 0 Å². The van der Waals surface area contributed by atoms with Crippen LogP contribution in [0, 0.1) is 0 Å². The van der Waals surface area contributed by atoms with Crippen molar-refractivity contribution in [2.24, 2.45) is 0 Å². The van der Waals surface area contributed by atoms with Crippen LogP contribution >= 0.6 is 15.9 Å². The standard InChI is InChI=1S/C20H20BrN3O2/c1-13-17(19(25)23(2)3)18(14-8-5-4-6-9-14)22-20(26)24(13)16-11-7-10-15(21)12-16/h4-12,18H,1-3H3,(H,22,26)/t18-/m0/s1. The van der Waals surface area contributed by atoms with E-state index in [4.69, 9.17) is 0 Å². The van der Waals surface area contributed by atoms with E-state index in [-0.39, 0.29) is 11.9 Å². The van der Waals surface area contributed by atoms with E-state index in [0.717, 1.165) is 10.0 Å². The molecule has 26 heavy (non-hydrogen) atoms. The predicted octanol–water partition coefficient (Wildman–Crippen LogP) is 4.08. The number of carbonyl (C=O) groups is 2. The Labute approximate surface area is 161 Å². The van der Waals surface area contributed by atoms with Crippen molar-refractivity contribution < 1.29 is 9.59 Å². The van der Waals surface area contributed by atoms with Gasteiger partial charge in [0, 0.05) is 24.3 Å². The third-order valence-corrected chi connectivity index (χ3v) is 4.81. The van der Waals surface area contributed by atoms with Gasteiger partial charge in [0.25, 0.3) is 5.91 Å². The second-order valence-corrected chi connectivity index (χ2v) is 7.22. The van der Waals surface area contributed by atoms with Crippen LogP contribution in [0.1, 0.15) is 18.5 Å². The molecule has 0 aliphatic carbocycles. The maximum Gasteiger partial charge on any atom is 0.326 e. The van der Waals surface area contributed by atoms with Crippen molar-refractivity contribution >= 4 is 33.6 Å². The molecule has 0 saturated heterocycles. The lowest BCUT2D eigenvalue weighted by molar-refractivity contribution is -0.125. The second-order valence-electron chi connectivity index (χ2n) is 6.31. The van der Waals surface area contributed by atoms with E-state index in [1.165, 1.54) is 4.90 Å². The van der Waals surface area contributed by atoms with Crippen LogP contribution < -0.4 is 10.2 Å². The Hall–Kier alpha value is -2.60. The minimum absolute atomic E-state index is 0.128. The molecule has 1 aliphatic rings. The molecule has 134 valence electrons. The highest BCUT2D eigenvalue weighted by Crippen LogP contribution is 2.34. The number of carbonyl (C=O) groups excluding carboxylic acids is 2. The minimum Gasteiger partial charge on any atom is -0.345 e. The van der Waals surface area contributed by atoms with Crippen LogP contribution in [0.3, 0.4) is 0 Å². The fourth-order valence-corrected chi connectivity index (χ4v) is 3.47. The summed E-state index contributed by atoms with van der Waals surface area (Å²) < 4.78 is 0.862. The number of halogens is 1. The quantitative estimate of drug-likeness (QED) is 0.823. The van der Waals surface area contributed by atoms with Crippen molar-refractivity contribution in [1.82, 2.24) is 10.2 Å². The molecule has 1 N–H and O–H groups in total. The Morgan fingerprint density at radius 2 is 1.81 bits per heavy atom. The van der Waals surface area contributed by atoms with Crippen molar-refractivity contribution in [3.8, 4) is 0 Å². The topological polar surface area (TPSA) is 52.7 Å². The van der Waals surface area contributed by atoms with E-state index in [0.29, 0.717) is 17.0 Å². The summed E-state index contributed by atoms with van der Waals surface area (Å²) in [7, 11) is 3.43. The summed E-state index contributed by atoms with van der Waals surface area (Å²) in [6, 6.07) is 16.2. The Morgan fingerprint density at radius 3 is 2.42 bits per heavy atom. The molecule has 0 aromatic heterocycles. The second kappa shape index (κ2) is 7.33. The molecular weight excluding hydrogens is 394 g/mol. The Balaban J connectivity index is 2.16. The highest BCUT2D eigenvalue weighted by atomic mass is 79.9. The van der Waals surface area contributed by atoms with Crippen LogP contribution in [0.25, 0.3) is 0 Å². The molecule has 1 aliphatic heterocycles. The fraction of sp³-hybridized carbons (Fsp3) is 0.200. The van der Waals surface area contributed by atoms with E-state index < -0.39 is 6.04 Å². The van der Waals surface area contributed by atoms with Gasteiger partial charge in [0.05, 0.1) is 17.3 Å². The summed E-state index contributed by atoms with van der Waals surface area (Å²) in [6.45, 7) is 1.81. The number of amides is 3. The van der Waals surface area contributed by atoms with Gasteiger partial charge in [-0.3, -0.25) is 9.69 Å². The molecule has 5 nitrogen and oxygen atoms in total. The molecule has 2 aromatic rings. The van der Waals surface area contributed by atoms with Crippen molar-refractivity contribution in [2.75, 3.05) is 19.0 Å². The SMILES string of the molecule is CC1=C(C(=O)N(C)C)[C@H](c2ccccc2)NC(=O)N1c1cccc(Br)c1. The zero-order valence-corrected chi connectivity index (χ0v) is 16.4. The lowest BCUT2D eigenvalue weighted by atomic mass is 9.93. The van der Waals surface area contributed by atoms with Crippen LogP contribution in [0.5, 0.6) is 0 Å². The number of hydrogen-bond acceptors (Lipinski definition) is 2. The van der Waals surface area contributed by atoms with E-state index in [1.807, 2.05) is 61.5 Å². The van der Waals surface area contributed by atoms with Gasteiger partial charge in [-0.15, -0.1) is 0 Å². The van der Waals surface area contributed by atoms with Crippen molar-refractivity contribution in [2.45, 2.75) is 13.0 Å². The molecule has 0 radical (unpaired) electrons. The largest absolute Gasteiger partial charge is 0.345 e. The normalized spacial score (nSPS) is 17.2. The van der Waals surface area contributed by atoms with Crippen molar-refractivity contribution in [1.29, 1.82) is 0 Å². The van der Waals surface area contributed by atoms with Crippen LogP contribution in [0.15, 0.2) is 70.3 Å². The fourth-order valence-electron chi connectivity index (χ4n) is 3.08. The molecule has 2 aromatic carbocycles. The summed E-state index contributed by atoms with van der Waals surface area (Å²) >= 11 is 3.43. The summed E-state index contributed by atoms with van der Waals surface area (Å²) in [5.74, 6) is -0.128. The highest BCUT2D eigenvalue weighted by Gasteiger charge is 2.36. The third kappa shape index (κ3) is 3.37.